The Bertz CT molecular complexity index is 688. The quantitative estimate of drug-likeness (QED) is 0.910. The van der Waals surface area contributed by atoms with Gasteiger partial charge in [-0.1, -0.05) is 15.9 Å². The number of nitrogens with zero attached hydrogens (tertiary/aromatic N) is 2. The first-order chi connectivity index (χ1) is 9.01. The smallest absolute Gasteiger partial charge is 0.267 e. The molecule has 1 aromatic carbocycles. The van der Waals surface area contributed by atoms with Gasteiger partial charge < -0.3 is 5.32 Å². The molecule has 1 aromatic heterocycles. The zero-order valence-electron chi connectivity index (χ0n) is 10.3. The maximum atomic E-state index is 12.1. The summed E-state index contributed by atoms with van der Waals surface area (Å²) in [5.74, 6) is -0.234. The Morgan fingerprint density at radius 1 is 1.47 bits per heavy atom. The predicted octanol–water partition coefficient (Wildman–Crippen LogP) is 3.65. The third-order valence-electron chi connectivity index (χ3n) is 2.46. The lowest BCUT2D eigenvalue weighted by molar-refractivity contribution is 0.103. The Balaban J connectivity index is 2.29. The molecule has 2 rings (SSSR count). The molecule has 0 aliphatic carbocycles. The van der Waals surface area contributed by atoms with Crippen LogP contribution in [0.5, 0.6) is 0 Å². The molecule has 0 radical (unpaired) electrons. The van der Waals surface area contributed by atoms with E-state index < -0.39 is 0 Å². The molecule has 6 heteroatoms. The summed E-state index contributed by atoms with van der Waals surface area (Å²) in [6.07, 6.45) is 0. The molecule has 0 saturated carbocycles. The number of nitrogens with one attached hydrogen (secondary N) is 1. The van der Waals surface area contributed by atoms with E-state index in [0.29, 0.717) is 21.8 Å². The Hall–Kier alpha value is -1.71. The van der Waals surface area contributed by atoms with Crippen molar-refractivity contribution in [1.29, 1.82) is 5.26 Å². The average molecular weight is 336 g/mol. The van der Waals surface area contributed by atoms with Crippen molar-refractivity contribution in [2.75, 3.05) is 5.32 Å². The number of halogens is 1. The van der Waals surface area contributed by atoms with Gasteiger partial charge in [-0.3, -0.25) is 4.79 Å². The van der Waals surface area contributed by atoms with Crippen LogP contribution in [-0.4, -0.2) is 10.9 Å². The molecule has 19 heavy (non-hydrogen) atoms. The highest BCUT2D eigenvalue weighted by atomic mass is 79.9. The van der Waals surface area contributed by atoms with Gasteiger partial charge in [0, 0.05) is 4.47 Å². The summed E-state index contributed by atoms with van der Waals surface area (Å²) in [6.45, 7) is 3.65. The summed E-state index contributed by atoms with van der Waals surface area (Å²) in [5, 5.41) is 12.6. The van der Waals surface area contributed by atoms with Crippen molar-refractivity contribution in [3.63, 3.8) is 0 Å². The van der Waals surface area contributed by atoms with Crippen LogP contribution in [-0.2, 0) is 0 Å². The second-order valence-corrected chi connectivity index (χ2v) is 6.02. The topological polar surface area (TPSA) is 65.8 Å². The summed E-state index contributed by atoms with van der Waals surface area (Å²) in [7, 11) is 0. The van der Waals surface area contributed by atoms with Crippen LogP contribution in [0, 0.1) is 25.2 Å². The van der Waals surface area contributed by atoms with Crippen molar-refractivity contribution in [3.05, 3.63) is 43.8 Å². The first-order valence-corrected chi connectivity index (χ1v) is 7.07. The number of aromatic nitrogens is 1. The van der Waals surface area contributed by atoms with Gasteiger partial charge in [-0.05, 0) is 32.0 Å². The number of nitriles is 1. The number of benzene rings is 1. The molecule has 96 valence electrons. The van der Waals surface area contributed by atoms with Gasteiger partial charge in [0.2, 0.25) is 0 Å². The van der Waals surface area contributed by atoms with Gasteiger partial charge in [0.05, 0.1) is 22.0 Å². The number of anilines is 1. The molecule has 0 atom stereocenters. The third-order valence-corrected chi connectivity index (χ3v) is 4.02. The zero-order chi connectivity index (χ0) is 14.0. The highest BCUT2D eigenvalue weighted by Gasteiger charge is 2.15. The summed E-state index contributed by atoms with van der Waals surface area (Å²) < 4.78 is 0.798. The summed E-state index contributed by atoms with van der Waals surface area (Å²) in [5.41, 5.74) is 1.62. The van der Waals surface area contributed by atoms with Crippen molar-refractivity contribution in [2.45, 2.75) is 13.8 Å². The van der Waals surface area contributed by atoms with Crippen LogP contribution in [0.3, 0.4) is 0 Å². The van der Waals surface area contributed by atoms with Crippen LogP contribution in [0.2, 0.25) is 0 Å². The van der Waals surface area contributed by atoms with Crippen LogP contribution in [0.15, 0.2) is 22.7 Å². The van der Waals surface area contributed by atoms with Gasteiger partial charge in [-0.2, -0.15) is 5.26 Å². The summed E-state index contributed by atoms with van der Waals surface area (Å²) in [4.78, 5) is 16.9. The number of aryl methyl sites for hydroxylation is 2. The molecule has 1 heterocycles. The van der Waals surface area contributed by atoms with Crippen LogP contribution in [0.25, 0.3) is 0 Å². The molecule has 4 nitrogen and oxygen atoms in total. The van der Waals surface area contributed by atoms with Crippen molar-refractivity contribution in [1.82, 2.24) is 4.98 Å². The lowest BCUT2D eigenvalue weighted by Gasteiger charge is -2.06. The molecule has 0 unspecified atom stereocenters. The monoisotopic (exact) mass is 335 g/mol. The van der Waals surface area contributed by atoms with E-state index in [1.807, 2.05) is 6.92 Å². The number of hydrogen-bond acceptors (Lipinski definition) is 4. The minimum absolute atomic E-state index is 0.234. The molecular weight excluding hydrogens is 326 g/mol. The maximum absolute atomic E-state index is 12.1. The molecule has 1 amide bonds. The molecule has 0 fully saturated rings. The average Bonchev–Trinajstić information content (AvgIpc) is 2.70. The van der Waals surface area contributed by atoms with E-state index in [2.05, 4.69) is 32.3 Å². The minimum atomic E-state index is -0.234. The minimum Gasteiger partial charge on any atom is -0.320 e. The largest absolute Gasteiger partial charge is 0.320 e. The van der Waals surface area contributed by atoms with Gasteiger partial charge in [0.25, 0.3) is 5.91 Å². The predicted molar refractivity (Wildman–Crippen MR) is 78.4 cm³/mol. The highest BCUT2D eigenvalue weighted by molar-refractivity contribution is 9.10. The third kappa shape index (κ3) is 3.00. The number of thiazole rings is 1. The van der Waals surface area contributed by atoms with Crippen LogP contribution >= 0.6 is 27.3 Å². The molecule has 0 aliphatic rings. The molecule has 1 N–H and O–H groups in total. The van der Waals surface area contributed by atoms with E-state index in [-0.39, 0.29) is 5.91 Å². The maximum Gasteiger partial charge on any atom is 0.267 e. The number of carbonyl (C=O) groups is 1. The van der Waals surface area contributed by atoms with Crippen molar-refractivity contribution in [2.24, 2.45) is 0 Å². The molecule has 0 saturated heterocycles. The number of carbonyl (C=O) groups excluding carboxylic acids is 1. The summed E-state index contributed by atoms with van der Waals surface area (Å²) in [6, 6.07) is 7.20. The normalized spacial score (nSPS) is 10.0. The lowest BCUT2D eigenvalue weighted by Crippen LogP contribution is -2.12. The number of rotatable bonds is 2. The van der Waals surface area contributed by atoms with E-state index in [1.165, 1.54) is 11.3 Å². The van der Waals surface area contributed by atoms with Crippen molar-refractivity contribution >= 4 is 38.9 Å². The van der Waals surface area contributed by atoms with Gasteiger partial charge >= 0.3 is 0 Å². The van der Waals surface area contributed by atoms with E-state index in [4.69, 9.17) is 5.26 Å². The fraction of sp³-hybridized carbons (Fsp3) is 0.154. The van der Waals surface area contributed by atoms with E-state index >= 15 is 0 Å². The van der Waals surface area contributed by atoms with Crippen molar-refractivity contribution < 1.29 is 4.79 Å². The van der Waals surface area contributed by atoms with Crippen LogP contribution in [0.1, 0.15) is 25.9 Å². The van der Waals surface area contributed by atoms with E-state index in [9.17, 15) is 4.79 Å². The molecule has 0 spiro atoms. The first-order valence-electron chi connectivity index (χ1n) is 5.46. The highest BCUT2D eigenvalue weighted by Crippen LogP contribution is 2.23. The zero-order valence-corrected chi connectivity index (χ0v) is 12.7. The lowest BCUT2D eigenvalue weighted by atomic mass is 10.2. The fourth-order valence-corrected chi connectivity index (χ4v) is 2.82. The second kappa shape index (κ2) is 5.51. The van der Waals surface area contributed by atoms with Crippen molar-refractivity contribution in [3.8, 4) is 6.07 Å². The standard InChI is InChI=1S/C13H10BrN3OS/c1-7-12(19-8(2)16-7)13(18)17-11-4-3-10(14)5-9(11)6-15/h3-5H,1-2H3,(H,17,18). The molecular formula is C13H10BrN3OS. The SMILES string of the molecule is Cc1nc(C)c(C(=O)Nc2ccc(Br)cc2C#N)s1. The summed E-state index contributed by atoms with van der Waals surface area (Å²) >= 11 is 4.63. The van der Waals surface area contributed by atoms with Gasteiger partial charge in [-0.15, -0.1) is 11.3 Å². The van der Waals surface area contributed by atoms with Crippen LogP contribution < -0.4 is 5.32 Å². The number of hydrogen-bond donors (Lipinski definition) is 1. The van der Waals surface area contributed by atoms with E-state index in [0.717, 1.165) is 9.48 Å². The molecule has 0 aliphatic heterocycles. The Morgan fingerprint density at radius 3 is 2.79 bits per heavy atom. The first kappa shape index (κ1) is 13.7. The second-order valence-electron chi connectivity index (χ2n) is 3.90. The number of amides is 1. The Labute approximate surface area is 123 Å². The van der Waals surface area contributed by atoms with E-state index in [1.54, 1.807) is 25.1 Å². The molecule has 2 aromatic rings. The Morgan fingerprint density at radius 2 is 2.21 bits per heavy atom. The fourth-order valence-electron chi connectivity index (χ4n) is 1.64. The van der Waals surface area contributed by atoms with Crippen LogP contribution in [0.4, 0.5) is 5.69 Å². The Kier molecular flexibility index (Phi) is 3.98. The van der Waals surface area contributed by atoms with Gasteiger partial charge in [-0.25, -0.2) is 4.98 Å². The van der Waals surface area contributed by atoms with Gasteiger partial charge in [0.15, 0.2) is 0 Å². The van der Waals surface area contributed by atoms with Gasteiger partial charge in [0.1, 0.15) is 10.9 Å². The molecule has 0 bridgehead atoms.